The first-order chi connectivity index (χ1) is 7.93. The molecule has 5 nitrogen and oxygen atoms in total. The van der Waals surface area contributed by atoms with Crippen molar-refractivity contribution in [1.29, 1.82) is 0 Å². The summed E-state index contributed by atoms with van der Waals surface area (Å²) in [5, 5.41) is 14.9. The van der Waals surface area contributed by atoms with E-state index in [1.54, 1.807) is 13.8 Å². The number of hydrogen-bond acceptors (Lipinski definition) is 3. The van der Waals surface area contributed by atoms with Crippen LogP contribution in [0.2, 0.25) is 0 Å². The van der Waals surface area contributed by atoms with Crippen LogP contribution in [0.4, 0.5) is 0 Å². The van der Waals surface area contributed by atoms with Gasteiger partial charge in [-0.1, -0.05) is 20.8 Å². The highest BCUT2D eigenvalue weighted by Gasteiger charge is 2.40. The van der Waals surface area contributed by atoms with Crippen molar-refractivity contribution in [2.45, 2.75) is 51.6 Å². The summed E-state index contributed by atoms with van der Waals surface area (Å²) in [5.74, 6) is -1.28. The fourth-order valence-electron chi connectivity index (χ4n) is 2.26. The Hall–Kier alpha value is -1.10. The summed E-state index contributed by atoms with van der Waals surface area (Å²) in [4.78, 5) is 23.2. The van der Waals surface area contributed by atoms with Crippen LogP contribution in [0.5, 0.6) is 0 Å². The zero-order valence-electron chi connectivity index (χ0n) is 10.7. The first-order valence-electron chi connectivity index (χ1n) is 6.22. The first-order valence-corrected chi connectivity index (χ1v) is 6.22. The highest BCUT2D eigenvalue weighted by molar-refractivity contribution is 5.90. The molecule has 0 aromatic carbocycles. The minimum absolute atomic E-state index is 0.119. The maximum absolute atomic E-state index is 12.2. The molecule has 1 rings (SSSR count). The lowest BCUT2D eigenvalue weighted by Crippen LogP contribution is -2.57. The lowest BCUT2D eigenvalue weighted by atomic mass is 9.92. The molecule has 1 heterocycles. The minimum Gasteiger partial charge on any atom is -0.480 e. The summed E-state index contributed by atoms with van der Waals surface area (Å²) >= 11 is 0. The normalized spacial score (nSPS) is 25.9. The lowest BCUT2D eigenvalue weighted by Gasteiger charge is -2.29. The number of carboxylic acids is 1. The molecule has 0 aromatic heterocycles. The van der Waals surface area contributed by atoms with Crippen LogP contribution in [-0.4, -0.2) is 35.1 Å². The third-order valence-electron chi connectivity index (χ3n) is 3.50. The van der Waals surface area contributed by atoms with E-state index in [0.29, 0.717) is 6.42 Å². The average molecular weight is 242 g/mol. The second-order valence-electron chi connectivity index (χ2n) is 5.00. The molecule has 1 aliphatic heterocycles. The van der Waals surface area contributed by atoms with Crippen LogP contribution in [0.3, 0.4) is 0 Å². The maximum atomic E-state index is 12.2. The highest BCUT2D eigenvalue weighted by Crippen LogP contribution is 2.23. The second kappa shape index (κ2) is 5.49. The molecule has 0 spiro atoms. The van der Waals surface area contributed by atoms with Crippen molar-refractivity contribution in [3.8, 4) is 0 Å². The van der Waals surface area contributed by atoms with Crippen molar-refractivity contribution in [2.75, 3.05) is 6.54 Å². The summed E-state index contributed by atoms with van der Waals surface area (Å²) < 4.78 is 0. The molecule has 17 heavy (non-hydrogen) atoms. The molecule has 1 fully saturated rings. The number of nitrogens with one attached hydrogen (secondary N) is 2. The van der Waals surface area contributed by atoms with E-state index in [2.05, 4.69) is 10.6 Å². The largest absolute Gasteiger partial charge is 0.480 e. The number of hydrogen-bond donors (Lipinski definition) is 3. The zero-order valence-corrected chi connectivity index (χ0v) is 10.7. The Morgan fingerprint density at radius 1 is 1.47 bits per heavy atom. The van der Waals surface area contributed by atoms with Crippen molar-refractivity contribution >= 4 is 11.9 Å². The van der Waals surface area contributed by atoms with Crippen LogP contribution in [0, 0.1) is 5.92 Å². The third-order valence-corrected chi connectivity index (χ3v) is 3.50. The summed E-state index contributed by atoms with van der Waals surface area (Å²) in [7, 11) is 0. The van der Waals surface area contributed by atoms with Crippen molar-refractivity contribution < 1.29 is 14.7 Å². The Bertz CT molecular complexity index is 296. The van der Waals surface area contributed by atoms with E-state index in [-0.39, 0.29) is 11.8 Å². The standard InChI is InChI=1S/C12H22N2O3/c1-4-12(6-5-7-13-12)11(17)14-9(8(2)3)10(15)16/h8-9,13H,4-7H2,1-3H3,(H,14,17)(H,15,16)/t9-,12?/m0/s1. The predicted octanol–water partition coefficient (Wildman–Crippen LogP) is 0.744. The lowest BCUT2D eigenvalue weighted by molar-refractivity contribution is -0.144. The van der Waals surface area contributed by atoms with Gasteiger partial charge in [0, 0.05) is 0 Å². The number of carboxylic acid groups (broad SMARTS) is 1. The predicted molar refractivity (Wildman–Crippen MR) is 64.7 cm³/mol. The van der Waals surface area contributed by atoms with Crippen molar-refractivity contribution in [2.24, 2.45) is 5.92 Å². The third kappa shape index (κ3) is 2.97. The highest BCUT2D eigenvalue weighted by atomic mass is 16.4. The number of carbonyl (C=O) groups excluding carboxylic acids is 1. The second-order valence-corrected chi connectivity index (χ2v) is 5.00. The molecular formula is C12H22N2O3. The van der Waals surface area contributed by atoms with Gasteiger partial charge in [0.15, 0.2) is 0 Å². The van der Waals surface area contributed by atoms with E-state index >= 15 is 0 Å². The Morgan fingerprint density at radius 3 is 2.47 bits per heavy atom. The molecule has 0 aliphatic carbocycles. The van der Waals surface area contributed by atoms with Crippen LogP contribution < -0.4 is 10.6 Å². The number of amides is 1. The summed E-state index contributed by atoms with van der Waals surface area (Å²) in [6.07, 6.45) is 2.42. The van der Waals surface area contributed by atoms with E-state index in [0.717, 1.165) is 19.4 Å². The molecule has 5 heteroatoms. The molecule has 3 N–H and O–H groups in total. The van der Waals surface area contributed by atoms with Gasteiger partial charge in [-0.05, 0) is 31.7 Å². The fourth-order valence-corrected chi connectivity index (χ4v) is 2.26. The Morgan fingerprint density at radius 2 is 2.12 bits per heavy atom. The summed E-state index contributed by atoms with van der Waals surface area (Å²) in [5.41, 5.74) is -0.567. The van der Waals surface area contributed by atoms with Crippen molar-refractivity contribution in [1.82, 2.24) is 10.6 Å². The van der Waals surface area contributed by atoms with Gasteiger partial charge in [-0.15, -0.1) is 0 Å². The molecule has 1 saturated heterocycles. The smallest absolute Gasteiger partial charge is 0.326 e. The SMILES string of the molecule is CCC1(C(=O)N[C@H](C(=O)O)C(C)C)CCCN1. The van der Waals surface area contributed by atoms with Gasteiger partial charge in [0.1, 0.15) is 6.04 Å². The zero-order chi connectivity index (χ0) is 13.1. The van der Waals surface area contributed by atoms with Gasteiger partial charge in [-0.25, -0.2) is 4.79 Å². The van der Waals surface area contributed by atoms with Crippen molar-refractivity contribution in [3.63, 3.8) is 0 Å². The Kier molecular flexibility index (Phi) is 4.51. The van der Waals surface area contributed by atoms with Crippen LogP contribution in [-0.2, 0) is 9.59 Å². The molecule has 0 radical (unpaired) electrons. The molecule has 0 aromatic rings. The quantitative estimate of drug-likeness (QED) is 0.664. The van der Waals surface area contributed by atoms with Crippen molar-refractivity contribution in [3.05, 3.63) is 0 Å². The van der Waals surface area contributed by atoms with E-state index in [1.165, 1.54) is 0 Å². The molecule has 1 unspecified atom stereocenters. The van der Waals surface area contributed by atoms with Crippen LogP contribution in [0.1, 0.15) is 40.0 Å². The number of carbonyl (C=O) groups is 2. The topological polar surface area (TPSA) is 78.4 Å². The summed E-state index contributed by atoms with van der Waals surface area (Å²) in [6, 6.07) is -0.812. The molecule has 0 saturated carbocycles. The Labute approximate surface area is 102 Å². The van der Waals surface area contributed by atoms with Gasteiger partial charge in [0.2, 0.25) is 5.91 Å². The maximum Gasteiger partial charge on any atom is 0.326 e. The molecule has 1 amide bonds. The van der Waals surface area contributed by atoms with Crippen LogP contribution in [0.15, 0.2) is 0 Å². The van der Waals surface area contributed by atoms with Gasteiger partial charge >= 0.3 is 5.97 Å². The summed E-state index contributed by atoms with van der Waals surface area (Å²) in [6.45, 7) is 6.35. The molecule has 0 bridgehead atoms. The van der Waals surface area contributed by atoms with Gasteiger partial charge in [0.25, 0.3) is 0 Å². The molecule has 2 atom stereocenters. The van der Waals surface area contributed by atoms with Gasteiger partial charge in [-0.3, -0.25) is 4.79 Å². The van der Waals surface area contributed by atoms with Gasteiger partial charge in [0.05, 0.1) is 5.54 Å². The van der Waals surface area contributed by atoms with Gasteiger partial charge in [-0.2, -0.15) is 0 Å². The van der Waals surface area contributed by atoms with E-state index in [4.69, 9.17) is 5.11 Å². The average Bonchev–Trinajstić information content (AvgIpc) is 2.74. The van der Waals surface area contributed by atoms with Gasteiger partial charge < -0.3 is 15.7 Å². The fraction of sp³-hybridized carbons (Fsp3) is 0.833. The molecular weight excluding hydrogens is 220 g/mol. The Balaban J connectivity index is 2.72. The van der Waals surface area contributed by atoms with Crippen LogP contribution >= 0.6 is 0 Å². The molecule has 1 aliphatic rings. The van der Waals surface area contributed by atoms with Crippen LogP contribution in [0.25, 0.3) is 0 Å². The monoisotopic (exact) mass is 242 g/mol. The van der Waals surface area contributed by atoms with E-state index in [1.807, 2.05) is 6.92 Å². The number of aliphatic carboxylic acids is 1. The minimum atomic E-state index is -0.974. The number of rotatable bonds is 5. The molecule has 98 valence electrons. The first kappa shape index (κ1) is 14.0. The van der Waals surface area contributed by atoms with E-state index in [9.17, 15) is 9.59 Å². The van der Waals surface area contributed by atoms with E-state index < -0.39 is 17.6 Å².